The van der Waals surface area contributed by atoms with Gasteiger partial charge in [0.25, 0.3) is 0 Å². The Labute approximate surface area is 164 Å². The van der Waals surface area contributed by atoms with Crippen molar-refractivity contribution in [2.75, 3.05) is 24.2 Å². The van der Waals surface area contributed by atoms with Gasteiger partial charge in [0.05, 0.1) is 11.8 Å². The molecule has 0 bridgehead atoms. The second kappa shape index (κ2) is 9.16. The van der Waals surface area contributed by atoms with Gasteiger partial charge in [-0.15, -0.1) is 0 Å². The maximum absolute atomic E-state index is 12.4. The normalized spacial score (nSPS) is 19.3. The van der Waals surface area contributed by atoms with E-state index in [1.54, 1.807) is 24.3 Å². The van der Waals surface area contributed by atoms with Crippen LogP contribution in [0.3, 0.4) is 0 Å². The van der Waals surface area contributed by atoms with Crippen LogP contribution in [-0.2, 0) is 14.8 Å². The molecule has 2 aromatic rings. The Morgan fingerprint density at radius 3 is 2.46 bits per heavy atom. The largest absolute Gasteiger partial charge is 0.457 e. The second-order valence-corrected chi connectivity index (χ2v) is 8.42. The molecule has 0 saturated carbocycles. The summed E-state index contributed by atoms with van der Waals surface area (Å²) in [5.74, 6) is 1.06. The molecule has 1 amide bonds. The first-order valence-corrected chi connectivity index (χ1v) is 10.7. The van der Waals surface area contributed by atoms with E-state index in [1.807, 2.05) is 30.3 Å². The number of carbonyl (C=O) groups is 1. The van der Waals surface area contributed by atoms with Crippen LogP contribution in [0.4, 0.5) is 5.69 Å². The smallest absolute Gasteiger partial charge is 0.241 e. The van der Waals surface area contributed by atoms with Crippen molar-refractivity contribution in [1.82, 2.24) is 10.0 Å². The lowest BCUT2D eigenvalue weighted by atomic mass is 10.1. The Kier molecular flexibility index (Phi) is 6.63. The molecule has 0 unspecified atom stereocenters. The van der Waals surface area contributed by atoms with Gasteiger partial charge in [-0.3, -0.25) is 4.79 Å². The van der Waals surface area contributed by atoms with Crippen molar-refractivity contribution < 1.29 is 17.9 Å². The van der Waals surface area contributed by atoms with Gasteiger partial charge in [-0.25, -0.2) is 13.1 Å². The van der Waals surface area contributed by atoms with Crippen molar-refractivity contribution in [3.63, 3.8) is 0 Å². The van der Waals surface area contributed by atoms with Gasteiger partial charge in [0.1, 0.15) is 11.5 Å². The van der Waals surface area contributed by atoms with Crippen LogP contribution in [0.25, 0.3) is 0 Å². The molecule has 0 radical (unpaired) electrons. The number of carbonyl (C=O) groups excluding carboxylic acids is 1. The van der Waals surface area contributed by atoms with Crippen molar-refractivity contribution in [2.24, 2.45) is 5.73 Å². The summed E-state index contributed by atoms with van der Waals surface area (Å²) in [7, 11) is -3.41. The second-order valence-electron chi connectivity index (χ2n) is 6.55. The van der Waals surface area contributed by atoms with Crippen LogP contribution in [0.2, 0.25) is 0 Å². The predicted octanol–water partition coefficient (Wildman–Crippen LogP) is 1.03. The maximum atomic E-state index is 12.4. The van der Waals surface area contributed by atoms with Crippen LogP contribution in [0.15, 0.2) is 54.6 Å². The van der Waals surface area contributed by atoms with E-state index in [9.17, 15) is 13.2 Å². The lowest BCUT2D eigenvalue weighted by molar-refractivity contribution is -0.117. The van der Waals surface area contributed by atoms with Gasteiger partial charge in [-0.1, -0.05) is 18.2 Å². The van der Waals surface area contributed by atoms with Gasteiger partial charge >= 0.3 is 0 Å². The molecule has 8 nitrogen and oxygen atoms in total. The molecule has 5 N–H and O–H groups in total. The molecule has 0 aliphatic carbocycles. The summed E-state index contributed by atoms with van der Waals surface area (Å²) < 4.78 is 31.9. The highest BCUT2D eigenvalue weighted by atomic mass is 32.2. The topological polar surface area (TPSA) is 123 Å². The first-order valence-electron chi connectivity index (χ1n) is 9.02. The van der Waals surface area contributed by atoms with Crippen LogP contribution in [0.1, 0.15) is 6.42 Å². The van der Waals surface area contributed by atoms with Crippen LogP contribution >= 0.6 is 0 Å². The first-order chi connectivity index (χ1) is 13.4. The lowest BCUT2D eigenvalue weighted by Crippen LogP contribution is -2.39. The SMILES string of the molecule is NCCS(=O)(=O)N[C@H]1CN[C@H](C(=O)Nc2ccc(Oc3ccccc3)cc2)C1. The number of hydrogen-bond acceptors (Lipinski definition) is 6. The number of nitrogens with two attached hydrogens (primary N) is 1. The van der Waals surface area contributed by atoms with Crippen LogP contribution in [-0.4, -0.2) is 45.3 Å². The molecular formula is C19H24N4O4S. The van der Waals surface area contributed by atoms with Crippen molar-refractivity contribution in [2.45, 2.75) is 18.5 Å². The summed E-state index contributed by atoms with van der Waals surface area (Å²) in [6, 6.07) is 15.7. The first kappa shape index (κ1) is 20.3. The monoisotopic (exact) mass is 404 g/mol. The van der Waals surface area contributed by atoms with Crippen molar-refractivity contribution in [3.8, 4) is 11.5 Å². The average Bonchev–Trinajstić information content (AvgIpc) is 3.12. The summed E-state index contributed by atoms with van der Waals surface area (Å²) >= 11 is 0. The third-order valence-electron chi connectivity index (χ3n) is 4.28. The van der Waals surface area contributed by atoms with Gasteiger partial charge < -0.3 is 21.1 Å². The number of amides is 1. The number of anilines is 1. The van der Waals surface area contributed by atoms with Gasteiger partial charge in [0, 0.05) is 24.8 Å². The summed E-state index contributed by atoms with van der Waals surface area (Å²) in [6.07, 6.45) is 0.380. The Balaban J connectivity index is 1.51. The lowest BCUT2D eigenvalue weighted by Gasteiger charge is -2.13. The molecule has 2 atom stereocenters. The fourth-order valence-electron chi connectivity index (χ4n) is 2.95. The highest BCUT2D eigenvalue weighted by molar-refractivity contribution is 7.89. The van der Waals surface area contributed by atoms with E-state index in [2.05, 4.69) is 15.4 Å². The Bertz CT molecular complexity index is 888. The zero-order valence-corrected chi connectivity index (χ0v) is 16.1. The molecular weight excluding hydrogens is 380 g/mol. The fraction of sp³-hybridized carbons (Fsp3) is 0.316. The fourth-order valence-corrected chi connectivity index (χ4v) is 4.07. The number of para-hydroxylation sites is 1. The van der Waals surface area contributed by atoms with Crippen molar-refractivity contribution in [1.29, 1.82) is 0 Å². The zero-order valence-electron chi connectivity index (χ0n) is 15.3. The summed E-state index contributed by atoms with van der Waals surface area (Å²) in [5.41, 5.74) is 5.93. The molecule has 0 aromatic heterocycles. The van der Waals surface area contributed by atoms with E-state index in [4.69, 9.17) is 10.5 Å². The minimum atomic E-state index is -3.41. The molecule has 9 heteroatoms. The predicted molar refractivity (Wildman–Crippen MR) is 108 cm³/mol. The number of ether oxygens (including phenoxy) is 1. The van der Waals surface area contributed by atoms with E-state index in [0.29, 0.717) is 24.4 Å². The van der Waals surface area contributed by atoms with Crippen molar-refractivity contribution >= 4 is 21.6 Å². The van der Waals surface area contributed by atoms with E-state index in [1.165, 1.54) is 0 Å². The number of hydrogen-bond donors (Lipinski definition) is 4. The van der Waals surface area contributed by atoms with Gasteiger partial charge in [-0.05, 0) is 42.8 Å². The molecule has 150 valence electrons. The molecule has 1 saturated heterocycles. The minimum Gasteiger partial charge on any atom is -0.457 e. The number of sulfonamides is 1. The molecule has 1 aliphatic rings. The summed E-state index contributed by atoms with van der Waals surface area (Å²) in [6.45, 7) is 0.453. The molecule has 1 aliphatic heterocycles. The van der Waals surface area contributed by atoms with Crippen molar-refractivity contribution in [3.05, 3.63) is 54.6 Å². The Morgan fingerprint density at radius 2 is 1.79 bits per heavy atom. The molecule has 28 heavy (non-hydrogen) atoms. The molecule has 0 spiro atoms. The van der Waals surface area contributed by atoms with Gasteiger partial charge in [-0.2, -0.15) is 0 Å². The quantitative estimate of drug-likeness (QED) is 0.521. The number of nitrogens with one attached hydrogen (secondary N) is 3. The summed E-state index contributed by atoms with van der Waals surface area (Å²) in [4.78, 5) is 12.4. The summed E-state index contributed by atoms with van der Waals surface area (Å²) in [5, 5.41) is 5.87. The van der Waals surface area contributed by atoms with Crippen LogP contribution < -0.4 is 25.8 Å². The van der Waals surface area contributed by atoms with Crippen LogP contribution in [0, 0.1) is 0 Å². The van der Waals surface area contributed by atoms with E-state index >= 15 is 0 Å². The van der Waals surface area contributed by atoms with Gasteiger partial charge in [0.15, 0.2) is 0 Å². The zero-order chi connectivity index (χ0) is 20.0. The van der Waals surface area contributed by atoms with E-state index in [0.717, 1.165) is 5.75 Å². The Morgan fingerprint density at radius 1 is 1.11 bits per heavy atom. The number of rotatable bonds is 8. The van der Waals surface area contributed by atoms with E-state index < -0.39 is 16.1 Å². The third-order valence-corrected chi connectivity index (χ3v) is 5.75. The molecule has 1 fully saturated rings. The number of benzene rings is 2. The van der Waals surface area contributed by atoms with Gasteiger partial charge in [0.2, 0.25) is 15.9 Å². The third kappa shape index (κ3) is 5.77. The molecule has 3 rings (SSSR count). The highest BCUT2D eigenvalue weighted by Crippen LogP contribution is 2.23. The Hall–Kier alpha value is -2.46. The minimum absolute atomic E-state index is 0.0589. The standard InChI is InChI=1S/C19H24N4O4S/c20-10-11-28(25,26)23-15-12-18(21-13-15)19(24)22-14-6-8-17(9-7-14)27-16-4-2-1-3-5-16/h1-9,15,18,21,23H,10-13,20H2,(H,22,24)/t15-,18+/m1/s1. The van der Waals surface area contributed by atoms with Crippen LogP contribution in [0.5, 0.6) is 11.5 Å². The van der Waals surface area contributed by atoms with E-state index in [-0.39, 0.29) is 24.2 Å². The average molecular weight is 404 g/mol. The molecule has 2 aromatic carbocycles. The maximum Gasteiger partial charge on any atom is 0.241 e. The molecule has 1 heterocycles. The highest BCUT2D eigenvalue weighted by Gasteiger charge is 2.31.